The van der Waals surface area contributed by atoms with E-state index in [-0.39, 0.29) is 0 Å². The van der Waals surface area contributed by atoms with E-state index in [1.807, 2.05) is 12.3 Å². The highest BCUT2D eigenvalue weighted by Crippen LogP contribution is 2.21. The molecule has 2 heterocycles. The minimum atomic E-state index is 0.573. The molecule has 4 heteroatoms. The van der Waals surface area contributed by atoms with Crippen molar-refractivity contribution in [2.75, 3.05) is 20.2 Å². The van der Waals surface area contributed by atoms with E-state index in [0.29, 0.717) is 29.8 Å². The van der Waals surface area contributed by atoms with Crippen molar-refractivity contribution >= 4 is 0 Å². The highest BCUT2D eigenvalue weighted by atomic mass is 16.5. The number of hydrogen-bond acceptors (Lipinski definition) is 4. The molecule has 4 nitrogen and oxygen atoms in total. The first-order valence-electron chi connectivity index (χ1n) is 7.97. The highest BCUT2D eigenvalue weighted by Gasteiger charge is 2.30. The highest BCUT2D eigenvalue weighted by molar-refractivity contribution is 5.20. The summed E-state index contributed by atoms with van der Waals surface area (Å²) in [5, 5.41) is 3.71. The maximum atomic E-state index is 5.24. The van der Waals surface area contributed by atoms with E-state index in [2.05, 4.69) is 49.0 Å². The standard InChI is InChI=1S/C17H29N3O/c1-12(2)15-11-20(16(9-19-15)13(3)4)10-14-6-7-18-17(8-14)21-5/h6-8,12-13,15-16,19H,9-11H2,1-5H3. The second kappa shape index (κ2) is 7.23. The van der Waals surface area contributed by atoms with Crippen molar-refractivity contribution in [2.45, 2.75) is 46.3 Å². The van der Waals surface area contributed by atoms with Crippen LogP contribution in [0.25, 0.3) is 0 Å². The average Bonchev–Trinajstić information content (AvgIpc) is 2.47. The summed E-state index contributed by atoms with van der Waals surface area (Å²) in [7, 11) is 1.67. The molecule has 1 saturated heterocycles. The Morgan fingerprint density at radius 3 is 2.71 bits per heavy atom. The van der Waals surface area contributed by atoms with E-state index in [4.69, 9.17) is 4.74 Å². The van der Waals surface area contributed by atoms with Crippen LogP contribution in [0.15, 0.2) is 18.3 Å². The lowest BCUT2D eigenvalue weighted by Crippen LogP contribution is -2.59. The van der Waals surface area contributed by atoms with Crippen molar-refractivity contribution in [3.63, 3.8) is 0 Å². The molecule has 0 spiro atoms. The largest absolute Gasteiger partial charge is 0.481 e. The van der Waals surface area contributed by atoms with Crippen molar-refractivity contribution in [3.8, 4) is 5.88 Å². The zero-order valence-corrected chi connectivity index (χ0v) is 14.0. The van der Waals surface area contributed by atoms with Crippen LogP contribution in [-0.4, -0.2) is 42.2 Å². The van der Waals surface area contributed by atoms with E-state index in [1.54, 1.807) is 7.11 Å². The number of aromatic nitrogens is 1. The van der Waals surface area contributed by atoms with Crippen LogP contribution in [-0.2, 0) is 6.54 Å². The van der Waals surface area contributed by atoms with Crippen LogP contribution >= 0.6 is 0 Å². The van der Waals surface area contributed by atoms with Gasteiger partial charge in [0.2, 0.25) is 5.88 Å². The minimum Gasteiger partial charge on any atom is -0.481 e. The van der Waals surface area contributed by atoms with E-state index < -0.39 is 0 Å². The van der Waals surface area contributed by atoms with Gasteiger partial charge < -0.3 is 10.1 Å². The zero-order chi connectivity index (χ0) is 15.4. The molecule has 118 valence electrons. The number of pyridine rings is 1. The number of rotatable bonds is 5. The molecular weight excluding hydrogens is 262 g/mol. The predicted molar refractivity (Wildman–Crippen MR) is 86.5 cm³/mol. The molecule has 1 fully saturated rings. The molecule has 0 saturated carbocycles. The van der Waals surface area contributed by atoms with Crippen molar-refractivity contribution in [3.05, 3.63) is 23.9 Å². The molecule has 0 radical (unpaired) electrons. The molecule has 2 atom stereocenters. The number of piperazine rings is 1. The summed E-state index contributed by atoms with van der Waals surface area (Å²) in [5.74, 6) is 2.01. The summed E-state index contributed by atoms with van der Waals surface area (Å²) in [4.78, 5) is 6.81. The van der Waals surface area contributed by atoms with Crippen molar-refractivity contribution in [1.82, 2.24) is 15.2 Å². The first kappa shape index (κ1) is 16.2. The number of hydrogen-bond donors (Lipinski definition) is 1. The van der Waals surface area contributed by atoms with Crippen LogP contribution in [0.3, 0.4) is 0 Å². The summed E-state index contributed by atoms with van der Waals surface area (Å²) in [6, 6.07) is 5.29. The van der Waals surface area contributed by atoms with Crippen LogP contribution < -0.4 is 10.1 Å². The number of nitrogens with zero attached hydrogens (tertiary/aromatic N) is 2. The molecule has 0 bridgehead atoms. The van der Waals surface area contributed by atoms with Gasteiger partial charge >= 0.3 is 0 Å². The molecule has 1 aliphatic heterocycles. The lowest BCUT2D eigenvalue weighted by Gasteiger charge is -2.43. The van der Waals surface area contributed by atoms with Gasteiger partial charge in [0.1, 0.15) is 0 Å². The van der Waals surface area contributed by atoms with Crippen molar-refractivity contribution in [1.29, 1.82) is 0 Å². The first-order chi connectivity index (χ1) is 10.0. The fraction of sp³-hybridized carbons (Fsp3) is 0.706. The lowest BCUT2D eigenvalue weighted by atomic mass is 9.94. The summed E-state index contributed by atoms with van der Waals surface area (Å²) in [5.41, 5.74) is 1.27. The molecule has 2 unspecified atom stereocenters. The van der Waals surface area contributed by atoms with Gasteiger partial charge in [0.05, 0.1) is 7.11 Å². The van der Waals surface area contributed by atoms with E-state index in [0.717, 1.165) is 19.6 Å². The van der Waals surface area contributed by atoms with Gasteiger partial charge in [-0.25, -0.2) is 4.98 Å². The Morgan fingerprint density at radius 1 is 1.33 bits per heavy atom. The Bertz CT molecular complexity index is 447. The summed E-state index contributed by atoms with van der Waals surface area (Å²) >= 11 is 0. The number of ether oxygens (including phenoxy) is 1. The smallest absolute Gasteiger partial charge is 0.213 e. The van der Waals surface area contributed by atoms with E-state index >= 15 is 0 Å². The van der Waals surface area contributed by atoms with Gasteiger partial charge in [-0.2, -0.15) is 0 Å². The molecule has 0 aromatic carbocycles. The van der Waals surface area contributed by atoms with Crippen LogP contribution in [0.4, 0.5) is 0 Å². The lowest BCUT2D eigenvalue weighted by molar-refractivity contribution is 0.0783. The van der Waals surface area contributed by atoms with Gasteiger partial charge in [-0.15, -0.1) is 0 Å². The van der Waals surface area contributed by atoms with E-state index in [1.165, 1.54) is 5.56 Å². The SMILES string of the molecule is COc1cc(CN2CC(C(C)C)NCC2C(C)C)ccn1. The predicted octanol–water partition coefficient (Wildman–Crippen LogP) is 2.54. The second-order valence-electron chi connectivity index (χ2n) is 6.71. The van der Waals surface area contributed by atoms with E-state index in [9.17, 15) is 0 Å². The Balaban J connectivity index is 2.11. The third kappa shape index (κ3) is 4.17. The molecule has 1 aromatic rings. The number of nitrogens with one attached hydrogen (secondary N) is 1. The Kier molecular flexibility index (Phi) is 5.59. The molecule has 21 heavy (non-hydrogen) atoms. The quantitative estimate of drug-likeness (QED) is 0.904. The Hall–Kier alpha value is -1.13. The topological polar surface area (TPSA) is 37.4 Å². The van der Waals surface area contributed by atoms with Gasteiger partial charge in [-0.1, -0.05) is 27.7 Å². The van der Waals surface area contributed by atoms with Gasteiger partial charge in [-0.05, 0) is 23.5 Å². The van der Waals surface area contributed by atoms with Crippen molar-refractivity contribution < 1.29 is 4.74 Å². The molecule has 1 N–H and O–H groups in total. The van der Waals surface area contributed by atoms with Gasteiger partial charge in [0, 0.05) is 44.0 Å². The van der Waals surface area contributed by atoms with Gasteiger partial charge in [0.15, 0.2) is 0 Å². The molecule has 1 aromatic heterocycles. The average molecular weight is 291 g/mol. The molecule has 0 amide bonds. The van der Waals surface area contributed by atoms with Crippen molar-refractivity contribution in [2.24, 2.45) is 11.8 Å². The molecule has 0 aliphatic carbocycles. The van der Waals surface area contributed by atoms with Crippen LogP contribution in [0.5, 0.6) is 5.88 Å². The van der Waals surface area contributed by atoms with Crippen LogP contribution in [0.2, 0.25) is 0 Å². The van der Waals surface area contributed by atoms with Crippen LogP contribution in [0.1, 0.15) is 33.3 Å². The summed E-state index contributed by atoms with van der Waals surface area (Å²) in [6.07, 6.45) is 1.83. The fourth-order valence-electron chi connectivity index (χ4n) is 3.03. The summed E-state index contributed by atoms with van der Waals surface area (Å²) < 4.78 is 5.24. The third-order valence-electron chi connectivity index (χ3n) is 4.46. The fourth-order valence-corrected chi connectivity index (χ4v) is 3.03. The minimum absolute atomic E-state index is 0.573. The molecule has 2 rings (SSSR count). The molecule has 1 aliphatic rings. The third-order valence-corrected chi connectivity index (χ3v) is 4.46. The monoisotopic (exact) mass is 291 g/mol. The normalized spacial score (nSPS) is 23.8. The number of methoxy groups -OCH3 is 1. The Morgan fingerprint density at radius 2 is 2.10 bits per heavy atom. The van der Waals surface area contributed by atoms with Crippen LogP contribution in [0, 0.1) is 11.8 Å². The molecular formula is C17H29N3O. The summed E-state index contributed by atoms with van der Waals surface area (Å²) in [6.45, 7) is 12.3. The zero-order valence-electron chi connectivity index (χ0n) is 14.0. The second-order valence-corrected chi connectivity index (χ2v) is 6.71. The van der Waals surface area contributed by atoms with Gasteiger partial charge in [-0.3, -0.25) is 4.90 Å². The maximum absolute atomic E-state index is 5.24. The first-order valence-corrected chi connectivity index (χ1v) is 7.97. The van der Waals surface area contributed by atoms with Gasteiger partial charge in [0.25, 0.3) is 0 Å². The maximum Gasteiger partial charge on any atom is 0.213 e. The Labute approximate surface area is 128 Å².